The number of hydrogen-bond donors (Lipinski definition) is 1. The number of carbonyl (C=O) groups excluding carboxylic acids is 1. The van der Waals surface area contributed by atoms with Crippen LogP contribution in [0.3, 0.4) is 0 Å². The normalized spacial score (nSPS) is 18.1. The third-order valence-electron chi connectivity index (χ3n) is 5.16. The molecule has 4 nitrogen and oxygen atoms in total. The molecule has 1 aliphatic heterocycles. The molecule has 0 N–H and O–H groups in total. The standard InChI is InChI=1S/C24H17F5O4S/c1-11-17(25)4-12(5-18(11)26)16-3-2-14(8-19(16)27)33-23(30)22-20(28)6-13(7-21(22)29)24-31-9-15(34)10-32-24/h2-8,15,24,34H,9-10H2,1H3. The fourth-order valence-corrected chi connectivity index (χ4v) is 3.53. The Kier molecular flexibility index (Phi) is 6.92. The minimum Gasteiger partial charge on any atom is -0.423 e. The lowest BCUT2D eigenvalue weighted by atomic mass is 10.0. The summed E-state index contributed by atoms with van der Waals surface area (Å²) in [4.78, 5) is 12.4. The molecule has 1 saturated heterocycles. The Hall–Kier alpha value is -2.95. The van der Waals surface area contributed by atoms with Gasteiger partial charge < -0.3 is 14.2 Å². The van der Waals surface area contributed by atoms with Crippen LogP contribution in [0.2, 0.25) is 0 Å². The molecule has 4 rings (SSSR count). The van der Waals surface area contributed by atoms with Crippen molar-refractivity contribution in [2.45, 2.75) is 18.5 Å². The number of rotatable bonds is 4. The number of ether oxygens (including phenoxy) is 3. The van der Waals surface area contributed by atoms with Crippen molar-refractivity contribution in [1.29, 1.82) is 0 Å². The van der Waals surface area contributed by atoms with Gasteiger partial charge in [-0.25, -0.2) is 26.7 Å². The van der Waals surface area contributed by atoms with Crippen molar-refractivity contribution in [2.75, 3.05) is 13.2 Å². The molecule has 1 heterocycles. The molecule has 3 aromatic carbocycles. The first-order valence-corrected chi connectivity index (χ1v) is 10.5. The molecule has 0 amide bonds. The Morgan fingerprint density at radius 1 is 0.882 bits per heavy atom. The lowest BCUT2D eigenvalue weighted by Crippen LogP contribution is -2.27. The molecule has 3 aromatic rings. The van der Waals surface area contributed by atoms with E-state index in [9.17, 15) is 26.7 Å². The summed E-state index contributed by atoms with van der Waals surface area (Å²) in [5.74, 6) is -6.87. The van der Waals surface area contributed by atoms with Crippen LogP contribution < -0.4 is 4.74 Å². The van der Waals surface area contributed by atoms with E-state index in [-0.39, 0.29) is 46.5 Å². The molecule has 0 spiro atoms. The summed E-state index contributed by atoms with van der Waals surface area (Å²) in [7, 11) is 0. The maximum Gasteiger partial charge on any atom is 0.349 e. The molecule has 1 fully saturated rings. The second-order valence-electron chi connectivity index (χ2n) is 7.61. The SMILES string of the molecule is Cc1c(F)cc(-c2ccc(OC(=O)c3c(F)cc(C4OCC(S)CO4)cc3F)cc2F)cc1F. The van der Waals surface area contributed by atoms with Gasteiger partial charge in [0.25, 0.3) is 0 Å². The molecule has 34 heavy (non-hydrogen) atoms. The Bertz CT molecular complexity index is 1210. The van der Waals surface area contributed by atoms with Crippen LogP contribution in [-0.4, -0.2) is 24.4 Å². The van der Waals surface area contributed by atoms with Crippen molar-refractivity contribution in [3.05, 3.63) is 88.2 Å². The summed E-state index contributed by atoms with van der Waals surface area (Å²) in [6.07, 6.45) is -1.02. The lowest BCUT2D eigenvalue weighted by molar-refractivity contribution is -0.179. The van der Waals surface area contributed by atoms with Crippen LogP contribution in [0.25, 0.3) is 11.1 Å². The maximum absolute atomic E-state index is 14.6. The average Bonchev–Trinajstić information content (AvgIpc) is 2.77. The molecule has 0 radical (unpaired) electrons. The Morgan fingerprint density at radius 2 is 1.47 bits per heavy atom. The van der Waals surface area contributed by atoms with Crippen LogP contribution in [0, 0.1) is 36.0 Å². The first-order chi connectivity index (χ1) is 16.1. The average molecular weight is 496 g/mol. The van der Waals surface area contributed by atoms with Crippen LogP contribution >= 0.6 is 12.6 Å². The van der Waals surface area contributed by atoms with Crippen LogP contribution in [0.5, 0.6) is 5.75 Å². The Balaban J connectivity index is 1.54. The summed E-state index contributed by atoms with van der Waals surface area (Å²) in [6.45, 7) is 1.67. The van der Waals surface area contributed by atoms with E-state index in [2.05, 4.69) is 12.6 Å². The van der Waals surface area contributed by atoms with Crippen molar-refractivity contribution < 1.29 is 41.0 Å². The number of benzene rings is 3. The first kappa shape index (κ1) is 24.2. The van der Waals surface area contributed by atoms with Crippen molar-refractivity contribution >= 4 is 18.6 Å². The number of carbonyl (C=O) groups is 1. The summed E-state index contributed by atoms with van der Waals surface area (Å²) >= 11 is 4.17. The third-order valence-corrected chi connectivity index (χ3v) is 5.46. The summed E-state index contributed by atoms with van der Waals surface area (Å²) in [6, 6.07) is 6.72. The third kappa shape index (κ3) is 4.94. The molecule has 0 unspecified atom stereocenters. The monoisotopic (exact) mass is 496 g/mol. The van der Waals surface area contributed by atoms with Gasteiger partial charge in [0.1, 0.15) is 40.4 Å². The van der Waals surface area contributed by atoms with E-state index in [1.54, 1.807) is 0 Å². The lowest BCUT2D eigenvalue weighted by Gasteiger charge is -2.27. The van der Waals surface area contributed by atoms with Gasteiger partial charge in [-0.1, -0.05) is 0 Å². The second-order valence-corrected chi connectivity index (χ2v) is 8.34. The zero-order chi connectivity index (χ0) is 24.6. The van der Waals surface area contributed by atoms with Gasteiger partial charge >= 0.3 is 5.97 Å². The van der Waals surface area contributed by atoms with Gasteiger partial charge in [0.15, 0.2) is 6.29 Å². The van der Waals surface area contributed by atoms with Crippen LogP contribution in [0.1, 0.15) is 27.8 Å². The number of thiol groups is 1. The molecule has 178 valence electrons. The van der Waals surface area contributed by atoms with E-state index in [1.807, 2.05) is 0 Å². The fraction of sp³-hybridized carbons (Fsp3) is 0.208. The quantitative estimate of drug-likeness (QED) is 0.211. The molecule has 0 aliphatic carbocycles. The molecule has 1 aliphatic rings. The molecule has 0 atom stereocenters. The van der Waals surface area contributed by atoms with E-state index in [0.717, 1.165) is 42.5 Å². The second kappa shape index (κ2) is 9.73. The highest BCUT2D eigenvalue weighted by molar-refractivity contribution is 7.81. The Morgan fingerprint density at radius 3 is 2.03 bits per heavy atom. The summed E-state index contributed by atoms with van der Waals surface area (Å²) < 4.78 is 86.9. The molecule has 10 heteroatoms. The van der Waals surface area contributed by atoms with Gasteiger partial charge in [0.05, 0.1) is 13.2 Å². The predicted molar refractivity (Wildman–Crippen MR) is 115 cm³/mol. The van der Waals surface area contributed by atoms with E-state index in [0.29, 0.717) is 0 Å². The van der Waals surface area contributed by atoms with Gasteiger partial charge in [0, 0.05) is 28.0 Å². The zero-order valence-electron chi connectivity index (χ0n) is 17.6. The van der Waals surface area contributed by atoms with E-state index >= 15 is 0 Å². The van der Waals surface area contributed by atoms with Gasteiger partial charge in [-0.15, -0.1) is 0 Å². The predicted octanol–water partition coefficient (Wildman–Crippen LogP) is 5.92. The van der Waals surface area contributed by atoms with Crippen molar-refractivity contribution in [1.82, 2.24) is 0 Å². The number of halogens is 5. The highest BCUT2D eigenvalue weighted by Gasteiger charge is 2.27. The van der Waals surface area contributed by atoms with Crippen LogP contribution in [-0.2, 0) is 9.47 Å². The van der Waals surface area contributed by atoms with E-state index < -0.39 is 46.9 Å². The van der Waals surface area contributed by atoms with E-state index in [4.69, 9.17) is 14.2 Å². The van der Waals surface area contributed by atoms with Gasteiger partial charge in [-0.05, 0) is 48.9 Å². The highest BCUT2D eigenvalue weighted by Crippen LogP contribution is 2.31. The zero-order valence-corrected chi connectivity index (χ0v) is 18.5. The van der Waals surface area contributed by atoms with E-state index in [1.165, 1.54) is 6.92 Å². The van der Waals surface area contributed by atoms with Crippen LogP contribution in [0.4, 0.5) is 22.0 Å². The number of esters is 1. The topological polar surface area (TPSA) is 44.8 Å². The largest absolute Gasteiger partial charge is 0.423 e. The van der Waals surface area contributed by atoms with Crippen molar-refractivity contribution in [3.63, 3.8) is 0 Å². The first-order valence-electron chi connectivity index (χ1n) is 10.0. The van der Waals surface area contributed by atoms with Crippen molar-refractivity contribution in [2.24, 2.45) is 0 Å². The molecule has 0 bridgehead atoms. The van der Waals surface area contributed by atoms with Gasteiger partial charge in [-0.3, -0.25) is 0 Å². The summed E-state index contributed by atoms with van der Waals surface area (Å²) in [5, 5.41) is -0.170. The van der Waals surface area contributed by atoms with Gasteiger partial charge in [-0.2, -0.15) is 12.6 Å². The smallest absolute Gasteiger partial charge is 0.349 e. The Labute approximate surface area is 196 Å². The minimum atomic E-state index is -1.40. The fourth-order valence-electron chi connectivity index (χ4n) is 3.36. The molecular weight excluding hydrogens is 479 g/mol. The highest BCUT2D eigenvalue weighted by atomic mass is 32.1. The van der Waals surface area contributed by atoms with Crippen molar-refractivity contribution in [3.8, 4) is 16.9 Å². The molecule has 0 saturated carbocycles. The van der Waals surface area contributed by atoms with Gasteiger partial charge in [0.2, 0.25) is 0 Å². The summed E-state index contributed by atoms with van der Waals surface area (Å²) in [5.41, 5.74) is -1.40. The van der Waals surface area contributed by atoms with Crippen LogP contribution in [0.15, 0.2) is 42.5 Å². The molecular formula is C24H17F5O4S. The number of hydrogen-bond acceptors (Lipinski definition) is 5. The minimum absolute atomic E-state index is 0.0275. The molecule has 0 aromatic heterocycles. The maximum atomic E-state index is 14.6.